The van der Waals surface area contributed by atoms with E-state index in [0.29, 0.717) is 4.32 Å². The molecule has 0 aliphatic rings. The number of hydrogen-bond acceptors (Lipinski definition) is 2. The van der Waals surface area contributed by atoms with E-state index in [1.165, 1.54) is 38.5 Å². The number of unbranched alkanes of at least 4 members (excludes halogenated alkanes) is 4. The zero-order valence-electron chi connectivity index (χ0n) is 10.4. The molecule has 1 nitrogen and oxygen atoms in total. The molecule has 84 valence electrons. The third-order valence-electron chi connectivity index (χ3n) is 2.32. The van der Waals surface area contributed by atoms with E-state index < -0.39 is 0 Å². The molecule has 0 bridgehead atoms. The molecule has 0 spiro atoms. The molecule has 0 saturated heterocycles. The van der Waals surface area contributed by atoms with E-state index in [9.17, 15) is 0 Å². The van der Waals surface area contributed by atoms with E-state index in [0.717, 1.165) is 13.1 Å². The van der Waals surface area contributed by atoms with Gasteiger partial charge in [0.1, 0.15) is 0 Å². The molecule has 4 heteroatoms. The third-order valence-corrected chi connectivity index (χ3v) is 2.84. The van der Waals surface area contributed by atoms with Gasteiger partial charge in [-0.1, -0.05) is 43.9 Å². The van der Waals surface area contributed by atoms with Crippen molar-refractivity contribution in [3.8, 4) is 0 Å². The van der Waals surface area contributed by atoms with Crippen LogP contribution in [0, 0.1) is 0 Å². The number of hydrogen-bond donors (Lipinski definition) is 0. The summed E-state index contributed by atoms with van der Waals surface area (Å²) < 4.78 is 0.650. The molecule has 0 aliphatic heterocycles. The molecule has 0 aromatic rings. The summed E-state index contributed by atoms with van der Waals surface area (Å²) in [6.07, 6.45) is 7.52. The topological polar surface area (TPSA) is 3.24 Å². The van der Waals surface area contributed by atoms with Crippen LogP contribution in [0.4, 0.5) is 0 Å². The van der Waals surface area contributed by atoms with Crippen molar-refractivity contribution in [3.63, 3.8) is 0 Å². The first-order valence-corrected chi connectivity index (χ1v) is 6.50. The van der Waals surface area contributed by atoms with Crippen molar-refractivity contribution in [1.82, 2.24) is 4.90 Å². The van der Waals surface area contributed by atoms with E-state index in [4.69, 9.17) is 24.8 Å². The van der Waals surface area contributed by atoms with Crippen molar-refractivity contribution >= 4 is 29.2 Å². The van der Waals surface area contributed by atoms with E-state index in [-0.39, 0.29) is 58.2 Å². The van der Waals surface area contributed by atoms with Crippen LogP contribution in [0.2, 0.25) is 0 Å². The zero-order valence-corrected chi connectivity index (χ0v) is 17.0. The molecule has 0 atom stereocenters. The molecule has 0 fully saturated rings. The van der Waals surface area contributed by atoms with Gasteiger partial charge in [0.2, 0.25) is 0 Å². The SMILES string of the molecule is CCCCCN(CCCCC)C(=S)[S-].[Rb+]. The fraction of sp³-hybridized carbons (Fsp3) is 0.909. The zero-order chi connectivity index (χ0) is 10.8. The Hall–Kier alpha value is 1.92. The minimum atomic E-state index is 0. The fourth-order valence-electron chi connectivity index (χ4n) is 1.40. The van der Waals surface area contributed by atoms with Crippen LogP contribution in [0.1, 0.15) is 52.4 Å². The third kappa shape index (κ3) is 12.2. The molecule has 0 aromatic carbocycles. The normalized spacial score (nSPS) is 9.47. The van der Waals surface area contributed by atoms with Crippen LogP contribution in [0.5, 0.6) is 0 Å². The Labute approximate surface area is 155 Å². The van der Waals surface area contributed by atoms with E-state index in [2.05, 4.69) is 18.7 Å². The predicted molar refractivity (Wildman–Crippen MR) is 70.6 cm³/mol. The van der Waals surface area contributed by atoms with Gasteiger partial charge in [-0.25, -0.2) is 0 Å². The first-order chi connectivity index (χ1) is 6.72. The molecule has 15 heavy (non-hydrogen) atoms. The first kappa shape index (κ1) is 19.3. The molecule has 0 unspecified atom stereocenters. The van der Waals surface area contributed by atoms with Crippen molar-refractivity contribution in [2.24, 2.45) is 0 Å². The Kier molecular flexibility index (Phi) is 17.9. The summed E-state index contributed by atoms with van der Waals surface area (Å²) in [6, 6.07) is 0. The summed E-state index contributed by atoms with van der Waals surface area (Å²) in [6.45, 7) is 6.54. The Morgan fingerprint density at radius 3 is 1.67 bits per heavy atom. The monoisotopic (exact) mass is 317 g/mol. The van der Waals surface area contributed by atoms with Crippen LogP contribution in [0.25, 0.3) is 0 Å². The maximum absolute atomic E-state index is 5.06. The standard InChI is InChI=1S/C11H23NS2.Rb/c1-3-5-7-9-12(11(13)14)10-8-6-4-2;/h3-10H2,1-2H3,(H,13,14);/q;+1/p-1. The molecular formula is C11H22NRbS2. The molecule has 0 saturated carbocycles. The molecule has 0 N–H and O–H groups in total. The summed E-state index contributed by atoms with van der Waals surface area (Å²) >= 11 is 10.1. The second-order valence-corrected chi connectivity index (χ2v) is 4.70. The minimum absolute atomic E-state index is 0. The van der Waals surface area contributed by atoms with Gasteiger partial charge in [-0.3, -0.25) is 0 Å². The Morgan fingerprint density at radius 1 is 1.00 bits per heavy atom. The number of nitrogens with zero attached hydrogens (tertiary/aromatic N) is 1. The average molecular weight is 318 g/mol. The predicted octanol–water partition coefficient (Wildman–Crippen LogP) is 0.505. The summed E-state index contributed by atoms with van der Waals surface area (Å²) in [7, 11) is 0. The van der Waals surface area contributed by atoms with Crippen molar-refractivity contribution in [3.05, 3.63) is 0 Å². The van der Waals surface area contributed by atoms with Crippen molar-refractivity contribution in [2.45, 2.75) is 52.4 Å². The first-order valence-electron chi connectivity index (χ1n) is 5.68. The van der Waals surface area contributed by atoms with Gasteiger partial charge in [-0.15, -0.1) is 0 Å². The van der Waals surface area contributed by atoms with Gasteiger partial charge in [0.25, 0.3) is 0 Å². The second kappa shape index (κ2) is 14.0. The Bertz CT molecular complexity index is 144. The molecular weight excluding hydrogens is 296 g/mol. The quantitative estimate of drug-likeness (QED) is 0.365. The summed E-state index contributed by atoms with van der Waals surface area (Å²) in [5.74, 6) is 0. The van der Waals surface area contributed by atoms with Gasteiger partial charge in [0.15, 0.2) is 0 Å². The Balaban J connectivity index is 0. The van der Waals surface area contributed by atoms with Gasteiger partial charge in [-0.2, -0.15) is 0 Å². The maximum Gasteiger partial charge on any atom is 1.00 e. The summed E-state index contributed by atoms with van der Waals surface area (Å²) in [5.41, 5.74) is 0. The number of thiocarbonyl (C=S) groups is 1. The van der Waals surface area contributed by atoms with Crippen LogP contribution < -0.4 is 58.2 Å². The van der Waals surface area contributed by atoms with Gasteiger partial charge in [0, 0.05) is 13.1 Å². The van der Waals surface area contributed by atoms with Crippen LogP contribution in [0.15, 0.2) is 0 Å². The van der Waals surface area contributed by atoms with Gasteiger partial charge in [-0.05, 0) is 12.8 Å². The van der Waals surface area contributed by atoms with Gasteiger partial charge in [0.05, 0.1) is 0 Å². The molecule has 0 aromatic heterocycles. The summed E-state index contributed by atoms with van der Waals surface area (Å²) in [4.78, 5) is 2.18. The molecule has 0 rings (SSSR count). The van der Waals surface area contributed by atoms with Crippen LogP contribution in [-0.4, -0.2) is 22.3 Å². The molecule has 0 radical (unpaired) electrons. The largest absolute Gasteiger partial charge is 1.00 e. The van der Waals surface area contributed by atoms with Crippen LogP contribution in [-0.2, 0) is 12.6 Å². The van der Waals surface area contributed by atoms with Crippen molar-refractivity contribution in [1.29, 1.82) is 0 Å². The van der Waals surface area contributed by atoms with Gasteiger partial charge >= 0.3 is 58.2 Å². The minimum Gasteiger partial charge on any atom is -0.411 e. The molecule has 0 heterocycles. The smallest absolute Gasteiger partial charge is 0.411 e. The van der Waals surface area contributed by atoms with Gasteiger partial charge < -0.3 is 29.7 Å². The Morgan fingerprint density at radius 2 is 1.40 bits per heavy atom. The number of rotatable bonds is 8. The summed E-state index contributed by atoms with van der Waals surface area (Å²) in [5, 5.41) is 0. The maximum atomic E-state index is 5.06. The van der Waals surface area contributed by atoms with Crippen LogP contribution in [0.3, 0.4) is 0 Å². The molecule has 0 aliphatic carbocycles. The average Bonchev–Trinajstić information content (AvgIpc) is 2.15. The van der Waals surface area contributed by atoms with E-state index in [1.807, 2.05) is 0 Å². The fourth-order valence-corrected chi connectivity index (χ4v) is 1.76. The van der Waals surface area contributed by atoms with E-state index in [1.54, 1.807) is 0 Å². The van der Waals surface area contributed by atoms with Crippen molar-refractivity contribution < 1.29 is 58.2 Å². The van der Waals surface area contributed by atoms with E-state index >= 15 is 0 Å². The van der Waals surface area contributed by atoms with Crippen LogP contribution >= 0.6 is 12.2 Å². The molecule has 0 amide bonds. The van der Waals surface area contributed by atoms with Crippen molar-refractivity contribution in [2.75, 3.05) is 13.1 Å². The second-order valence-electron chi connectivity index (χ2n) is 3.67.